The summed E-state index contributed by atoms with van der Waals surface area (Å²) in [4.78, 5) is 14.5. The van der Waals surface area contributed by atoms with Crippen LogP contribution in [0.1, 0.15) is 25.3 Å². The van der Waals surface area contributed by atoms with E-state index in [0.29, 0.717) is 22.4 Å². The first-order valence-corrected chi connectivity index (χ1v) is 8.19. The molecule has 1 heterocycles. The Morgan fingerprint density at radius 3 is 2.62 bits per heavy atom. The van der Waals surface area contributed by atoms with E-state index >= 15 is 0 Å². The predicted molar refractivity (Wildman–Crippen MR) is 87.7 cm³/mol. The fourth-order valence-corrected chi connectivity index (χ4v) is 3.29. The third kappa shape index (κ3) is 4.35. The minimum atomic E-state index is -0.0712. The van der Waals surface area contributed by atoms with E-state index in [9.17, 15) is 4.79 Å². The number of likely N-dealkylation sites (tertiary alicyclic amines) is 1. The van der Waals surface area contributed by atoms with Crippen LogP contribution in [0, 0.1) is 11.8 Å². The summed E-state index contributed by atoms with van der Waals surface area (Å²) in [5.41, 5.74) is 6.66. The van der Waals surface area contributed by atoms with Gasteiger partial charge in [0.05, 0.1) is 0 Å². The van der Waals surface area contributed by atoms with Gasteiger partial charge in [0.15, 0.2) is 0 Å². The summed E-state index contributed by atoms with van der Waals surface area (Å²) in [6.45, 7) is 4.32. The molecule has 2 rings (SSSR count). The van der Waals surface area contributed by atoms with Crippen molar-refractivity contribution in [2.75, 3.05) is 19.6 Å². The number of rotatable bonds is 4. The number of nitrogens with zero attached hydrogens (tertiary/aromatic N) is 1. The lowest BCUT2D eigenvalue weighted by molar-refractivity contribution is -0.136. The van der Waals surface area contributed by atoms with Crippen LogP contribution in [0.5, 0.6) is 0 Å². The zero-order valence-corrected chi connectivity index (χ0v) is 13.8. The molecular weight excluding hydrogens is 307 g/mol. The lowest BCUT2D eigenvalue weighted by atomic mass is 9.94. The molecule has 1 aromatic rings. The Bertz CT molecular complexity index is 499. The molecule has 1 unspecified atom stereocenters. The molecule has 1 saturated heterocycles. The summed E-state index contributed by atoms with van der Waals surface area (Å²) in [5, 5.41) is 1.25. The summed E-state index contributed by atoms with van der Waals surface area (Å²) in [6, 6.07) is 5.43. The maximum Gasteiger partial charge on any atom is 0.225 e. The third-order valence-corrected chi connectivity index (χ3v) is 4.81. The van der Waals surface area contributed by atoms with Gasteiger partial charge in [-0.15, -0.1) is 0 Å². The number of carbonyl (C=O) groups is 1. The van der Waals surface area contributed by atoms with E-state index in [1.165, 1.54) is 0 Å². The summed E-state index contributed by atoms with van der Waals surface area (Å²) in [5.74, 6) is 0.699. The Kier molecular flexibility index (Phi) is 5.91. The van der Waals surface area contributed by atoms with Crippen molar-refractivity contribution in [2.24, 2.45) is 17.6 Å². The van der Waals surface area contributed by atoms with Crippen molar-refractivity contribution in [3.05, 3.63) is 33.8 Å². The van der Waals surface area contributed by atoms with Crippen LogP contribution >= 0.6 is 23.2 Å². The van der Waals surface area contributed by atoms with Crippen LogP contribution < -0.4 is 5.73 Å². The van der Waals surface area contributed by atoms with Crippen LogP contribution in [-0.4, -0.2) is 30.4 Å². The van der Waals surface area contributed by atoms with Gasteiger partial charge in [-0.3, -0.25) is 4.79 Å². The highest BCUT2D eigenvalue weighted by molar-refractivity contribution is 6.35. The number of hydrogen-bond donors (Lipinski definition) is 1. The first kappa shape index (κ1) is 16.6. The lowest BCUT2D eigenvalue weighted by Crippen LogP contribution is -2.42. The van der Waals surface area contributed by atoms with Crippen LogP contribution in [0.4, 0.5) is 0 Å². The van der Waals surface area contributed by atoms with E-state index in [4.69, 9.17) is 28.9 Å². The van der Waals surface area contributed by atoms with Gasteiger partial charge in [0.2, 0.25) is 5.91 Å². The normalized spacial score (nSPS) is 17.8. The van der Waals surface area contributed by atoms with Crippen molar-refractivity contribution < 1.29 is 4.79 Å². The molecule has 1 atom stereocenters. The molecule has 3 nitrogen and oxygen atoms in total. The van der Waals surface area contributed by atoms with Crippen molar-refractivity contribution in [3.63, 3.8) is 0 Å². The Labute approximate surface area is 136 Å². The lowest BCUT2D eigenvalue weighted by Gasteiger charge is -2.33. The van der Waals surface area contributed by atoms with Gasteiger partial charge in [0.25, 0.3) is 0 Å². The quantitative estimate of drug-likeness (QED) is 0.921. The topological polar surface area (TPSA) is 46.3 Å². The van der Waals surface area contributed by atoms with Gasteiger partial charge in [-0.2, -0.15) is 0 Å². The number of piperidine rings is 1. The first-order chi connectivity index (χ1) is 10.0. The second-order valence-electron chi connectivity index (χ2n) is 5.85. The van der Waals surface area contributed by atoms with E-state index in [2.05, 4.69) is 0 Å². The Balaban J connectivity index is 1.93. The van der Waals surface area contributed by atoms with Gasteiger partial charge < -0.3 is 10.6 Å². The Morgan fingerprint density at radius 2 is 2.05 bits per heavy atom. The van der Waals surface area contributed by atoms with E-state index in [0.717, 1.165) is 38.0 Å². The number of benzene rings is 1. The molecule has 0 radical (unpaired) electrons. The van der Waals surface area contributed by atoms with Crippen molar-refractivity contribution >= 4 is 29.1 Å². The molecule has 1 aliphatic rings. The summed E-state index contributed by atoms with van der Waals surface area (Å²) < 4.78 is 0. The largest absolute Gasteiger partial charge is 0.342 e. The van der Waals surface area contributed by atoms with Crippen LogP contribution in [0.2, 0.25) is 10.0 Å². The highest BCUT2D eigenvalue weighted by Crippen LogP contribution is 2.25. The fraction of sp³-hybridized carbons (Fsp3) is 0.562. The van der Waals surface area contributed by atoms with Crippen molar-refractivity contribution in [3.8, 4) is 0 Å². The molecule has 1 aliphatic heterocycles. The molecule has 2 N–H and O–H groups in total. The smallest absolute Gasteiger partial charge is 0.225 e. The first-order valence-electron chi connectivity index (χ1n) is 7.44. The van der Waals surface area contributed by atoms with Gasteiger partial charge >= 0.3 is 0 Å². The van der Waals surface area contributed by atoms with Crippen molar-refractivity contribution in [1.29, 1.82) is 0 Å². The molecule has 0 aromatic heterocycles. The van der Waals surface area contributed by atoms with Crippen LogP contribution in [0.3, 0.4) is 0 Å². The average molecular weight is 329 g/mol. The molecule has 0 bridgehead atoms. The predicted octanol–water partition coefficient (Wildman–Crippen LogP) is 3.37. The van der Waals surface area contributed by atoms with Crippen molar-refractivity contribution in [2.45, 2.75) is 26.2 Å². The maximum atomic E-state index is 12.5. The summed E-state index contributed by atoms with van der Waals surface area (Å²) in [7, 11) is 0. The summed E-state index contributed by atoms with van der Waals surface area (Å²) >= 11 is 12.1. The molecule has 1 amide bonds. The minimum absolute atomic E-state index is 0.0712. The monoisotopic (exact) mass is 328 g/mol. The second kappa shape index (κ2) is 7.48. The number of halogens is 2. The van der Waals surface area contributed by atoms with Gasteiger partial charge in [0, 0.05) is 29.1 Å². The van der Waals surface area contributed by atoms with Crippen LogP contribution in [-0.2, 0) is 11.2 Å². The highest BCUT2D eigenvalue weighted by Gasteiger charge is 2.25. The van der Waals surface area contributed by atoms with Gasteiger partial charge in [0.1, 0.15) is 0 Å². The van der Waals surface area contributed by atoms with E-state index in [-0.39, 0.29) is 11.8 Å². The standard InChI is InChI=1S/C16H22Cl2N2O/c1-11(8-13-2-3-14(17)9-15(13)18)16(21)20-6-4-12(10-19)5-7-20/h2-3,9,11-12H,4-8,10,19H2,1H3. The SMILES string of the molecule is CC(Cc1ccc(Cl)cc1Cl)C(=O)N1CCC(CN)CC1. The van der Waals surface area contributed by atoms with E-state index < -0.39 is 0 Å². The molecule has 21 heavy (non-hydrogen) atoms. The molecule has 116 valence electrons. The van der Waals surface area contributed by atoms with E-state index in [1.54, 1.807) is 6.07 Å². The maximum absolute atomic E-state index is 12.5. The van der Waals surface area contributed by atoms with Crippen LogP contribution in [0.25, 0.3) is 0 Å². The molecule has 1 fully saturated rings. The number of hydrogen-bond acceptors (Lipinski definition) is 2. The van der Waals surface area contributed by atoms with Gasteiger partial charge in [-0.25, -0.2) is 0 Å². The fourth-order valence-electron chi connectivity index (χ4n) is 2.81. The minimum Gasteiger partial charge on any atom is -0.342 e. The number of nitrogens with two attached hydrogens (primary N) is 1. The van der Waals surface area contributed by atoms with Gasteiger partial charge in [-0.05, 0) is 49.4 Å². The average Bonchev–Trinajstić information content (AvgIpc) is 2.49. The van der Waals surface area contributed by atoms with E-state index in [1.807, 2.05) is 24.0 Å². The van der Waals surface area contributed by atoms with Crippen molar-refractivity contribution in [1.82, 2.24) is 4.90 Å². The molecule has 0 saturated carbocycles. The Hall–Kier alpha value is -0.770. The zero-order valence-electron chi connectivity index (χ0n) is 12.3. The molecular formula is C16H22Cl2N2O. The second-order valence-corrected chi connectivity index (χ2v) is 6.69. The number of amides is 1. The Morgan fingerprint density at radius 1 is 1.38 bits per heavy atom. The zero-order chi connectivity index (χ0) is 15.4. The summed E-state index contributed by atoms with van der Waals surface area (Å²) in [6.07, 6.45) is 2.67. The molecule has 5 heteroatoms. The van der Waals surface area contributed by atoms with Crippen LogP contribution in [0.15, 0.2) is 18.2 Å². The third-order valence-electron chi connectivity index (χ3n) is 4.22. The number of carbonyl (C=O) groups excluding carboxylic acids is 1. The highest BCUT2D eigenvalue weighted by atomic mass is 35.5. The molecule has 1 aromatic carbocycles. The molecule has 0 aliphatic carbocycles. The molecule has 0 spiro atoms. The van der Waals surface area contributed by atoms with Gasteiger partial charge in [-0.1, -0.05) is 36.2 Å².